The zero-order chi connectivity index (χ0) is 17.7. The Morgan fingerprint density at radius 2 is 2.16 bits per heavy atom. The summed E-state index contributed by atoms with van der Waals surface area (Å²) >= 11 is 0. The third-order valence-electron chi connectivity index (χ3n) is 4.58. The van der Waals surface area contributed by atoms with Crippen LogP contribution in [0.25, 0.3) is 22.0 Å². The Labute approximate surface area is 143 Å². The summed E-state index contributed by atoms with van der Waals surface area (Å²) in [4.78, 5) is 23.8. The molecule has 2 atom stereocenters. The Morgan fingerprint density at radius 1 is 1.40 bits per heavy atom. The molecule has 1 fully saturated rings. The molecular weight excluding hydrogens is 321 g/mol. The number of fused-ring (bicyclic) bond motifs is 1. The molecule has 1 saturated carbocycles. The SMILES string of the molecule is Cc1c[nH]c(C)c1-c1cc2cc(NC(=O)[C@@H]3C[C@@H]3F)ncc2c(N)n1. The number of anilines is 2. The van der Waals surface area contributed by atoms with Gasteiger partial charge in [0.15, 0.2) is 0 Å². The summed E-state index contributed by atoms with van der Waals surface area (Å²) in [5.74, 6) is -0.126. The molecule has 1 aliphatic rings. The Balaban J connectivity index is 1.74. The fourth-order valence-corrected chi connectivity index (χ4v) is 3.08. The largest absolute Gasteiger partial charge is 0.383 e. The van der Waals surface area contributed by atoms with E-state index < -0.39 is 12.1 Å². The number of nitrogen functional groups attached to an aromatic ring is 1. The van der Waals surface area contributed by atoms with E-state index in [4.69, 9.17) is 5.73 Å². The molecule has 3 aromatic rings. The molecule has 3 heterocycles. The number of alkyl halides is 1. The lowest BCUT2D eigenvalue weighted by Gasteiger charge is -2.09. The molecule has 0 saturated heterocycles. The van der Waals surface area contributed by atoms with Crippen LogP contribution >= 0.6 is 0 Å². The van der Waals surface area contributed by atoms with Gasteiger partial charge < -0.3 is 16.0 Å². The number of aryl methyl sites for hydroxylation is 2. The normalized spacial score (nSPS) is 19.2. The van der Waals surface area contributed by atoms with E-state index in [0.717, 1.165) is 27.9 Å². The molecule has 0 bridgehead atoms. The molecular formula is C18H18FN5O. The lowest BCUT2D eigenvalue weighted by Crippen LogP contribution is -2.15. The number of amides is 1. The quantitative estimate of drug-likeness (QED) is 0.683. The van der Waals surface area contributed by atoms with Crippen LogP contribution < -0.4 is 11.1 Å². The second-order valence-electron chi connectivity index (χ2n) is 6.50. The molecule has 0 unspecified atom stereocenters. The van der Waals surface area contributed by atoms with Crippen LogP contribution in [0.15, 0.2) is 24.5 Å². The van der Waals surface area contributed by atoms with Crippen LogP contribution in [0.3, 0.4) is 0 Å². The van der Waals surface area contributed by atoms with Crippen molar-refractivity contribution in [3.8, 4) is 11.3 Å². The predicted octanol–water partition coefficient (Wildman–Crippen LogP) is 3.12. The van der Waals surface area contributed by atoms with Crippen molar-refractivity contribution >= 4 is 28.3 Å². The fourth-order valence-electron chi connectivity index (χ4n) is 3.08. The maximum absolute atomic E-state index is 13.0. The predicted molar refractivity (Wildman–Crippen MR) is 94.8 cm³/mol. The molecule has 128 valence electrons. The number of pyridine rings is 2. The molecule has 1 aliphatic carbocycles. The molecule has 4 N–H and O–H groups in total. The van der Waals surface area contributed by atoms with Gasteiger partial charge in [-0.2, -0.15) is 0 Å². The number of H-pyrrole nitrogens is 1. The van der Waals surface area contributed by atoms with Gasteiger partial charge in [-0.1, -0.05) is 0 Å². The maximum Gasteiger partial charge on any atom is 0.231 e. The summed E-state index contributed by atoms with van der Waals surface area (Å²) in [7, 11) is 0. The lowest BCUT2D eigenvalue weighted by atomic mass is 10.1. The van der Waals surface area contributed by atoms with Gasteiger partial charge in [0.25, 0.3) is 0 Å². The third kappa shape index (κ3) is 2.71. The number of rotatable bonds is 3. The Kier molecular flexibility index (Phi) is 3.45. The Hall–Kier alpha value is -2.96. The summed E-state index contributed by atoms with van der Waals surface area (Å²) < 4.78 is 13.0. The zero-order valence-electron chi connectivity index (χ0n) is 13.9. The number of aromatic amines is 1. The van der Waals surface area contributed by atoms with Gasteiger partial charge in [0.1, 0.15) is 17.8 Å². The van der Waals surface area contributed by atoms with Crippen molar-refractivity contribution < 1.29 is 9.18 Å². The number of aromatic nitrogens is 3. The molecule has 0 radical (unpaired) electrons. The number of carbonyl (C=O) groups excluding carboxylic acids is 1. The van der Waals surface area contributed by atoms with Crippen LogP contribution in [-0.4, -0.2) is 27.0 Å². The van der Waals surface area contributed by atoms with Gasteiger partial charge in [0, 0.05) is 29.0 Å². The monoisotopic (exact) mass is 339 g/mol. The van der Waals surface area contributed by atoms with Crippen molar-refractivity contribution in [2.45, 2.75) is 26.4 Å². The van der Waals surface area contributed by atoms with Crippen molar-refractivity contribution in [1.29, 1.82) is 0 Å². The number of hydrogen-bond donors (Lipinski definition) is 3. The second kappa shape index (κ2) is 5.54. The summed E-state index contributed by atoms with van der Waals surface area (Å²) in [6.45, 7) is 3.98. The third-order valence-corrected chi connectivity index (χ3v) is 4.58. The van der Waals surface area contributed by atoms with E-state index in [1.165, 1.54) is 0 Å². The van der Waals surface area contributed by atoms with E-state index in [0.29, 0.717) is 17.0 Å². The van der Waals surface area contributed by atoms with Crippen LogP contribution in [0.4, 0.5) is 16.0 Å². The molecule has 0 aliphatic heterocycles. The van der Waals surface area contributed by atoms with Gasteiger partial charge in [-0.15, -0.1) is 0 Å². The highest BCUT2D eigenvalue weighted by Crippen LogP contribution is 2.35. The van der Waals surface area contributed by atoms with Gasteiger partial charge in [-0.25, -0.2) is 14.4 Å². The lowest BCUT2D eigenvalue weighted by molar-refractivity contribution is -0.117. The van der Waals surface area contributed by atoms with Crippen molar-refractivity contribution in [2.24, 2.45) is 5.92 Å². The first kappa shape index (κ1) is 15.6. The van der Waals surface area contributed by atoms with Crippen molar-refractivity contribution in [1.82, 2.24) is 15.0 Å². The first-order valence-corrected chi connectivity index (χ1v) is 8.10. The van der Waals surface area contributed by atoms with Gasteiger partial charge in [-0.3, -0.25) is 4.79 Å². The summed E-state index contributed by atoms with van der Waals surface area (Å²) in [5.41, 5.74) is 9.95. The number of hydrogen-bond acceptors (Lipinski definition) is 4. The average Bonchev–Trinajstić information content (AvgIpc) is 3.20. The molecule has 4 rings (SSSR count). The second-order valence-corrected chi connectivity index (χ2v) is 6.50. The zero-order valence-corrected chi connectivity index (χ0v) is 13.9. The molecule has 25 heavy (non-hydrogen) atoms. The number of nitrogens with two attached hydrogens (primary N) is 1. The summed E-state index contributed by atoms with van der Waals surface area (Å²) in [6, 6.07) is 3.66. The van der Waals surface area contributed by atoms with Gasteiger partial charge in [0.05, 0.1) is 11.6 Å². The molecule has 6 nitrogen and oxygen atoms in total. The van der Waals surface area contributed by atoms with Crippen molar-refractivity contribution in [3.63, 3.8) is 0 Å². The number of halogens is 1. The first-order valence-electron chi connectivity index (χ1n) is 8.10. The first-order chi connectivity index (χ1) is 11.9. The van der Waals surface area contributed by atoms with E-state index in [1.54, 1.807) is 12.3 Å². The fraction of sp³-hybridized carbons (Fsp3) is 0.278. The number of carbonyl (C=O) groups is 1. The van der Waals surface area contributed by atoms with Crippen LogP contribution in [0.5, 0.6) is 0 Å². The molecule has 1 amide bonds. The Morgan fingerprint density at radius 3 is 2.80 bits per heavy atom. The topological polar surface area (TPSA) is 96.7 Å². The smallest absolute Gasteiger partial charge is 0.231 e. The molecule has 3 aromatic heterocycles. The van der Waals surface area contributed by atoms with Crippen molar-refractivity contribution in [2.75, 3.05) is 11.1 Å². The van der Waals surface area contributed by atoms with Gasteiger partial charge >= 0.3 is 0 Å². The van der Waals surface area contributed by atoms with E-state index >= 15 is 0 Å². The molecule has 0 spiro atoms. The summed E-state index contributed by atoms with van der Waals surface area (Å²) in [6.07, 6.45) is 2.75. The van der Waals surface area contributed by atoms with E-state index in [-0.39, 0.29) is 12.3 Å². The average molecular weight is 339 g/mol. The van der Waals surface area contributed by atoms with Gasteiger partial charge in [0.2, 0.25) is 5.91 Å². The minimum absolute atomic E-state index is 0.284. The van der Waals surface area contributed by atoms with Crippen LogP contribution in [0.2, 0.25) is 0 Å². The molecule has 0 aromatic carbocycles. The minimum atomic E-state index is -1.04. The van der Waals surface area contributed by atoms with Crippen molar-refractivity contribution in [3.05, 3.63) is 35.8 Å². The van der Waals surface area contributed by atoms with E-state index in [1.807, 2.05) is 26.1 Å². The van der Waals surface area contributed by atoms with E-state index in [2.05, 4.69) is 20.3 Å². The number of nitrogens with one attached hydrogen (secondary N) is 2. The highest BCUT2D eigenvalue weighted by Gasteiger charge is 2.43. The summed E-state index contributed by atoms with van der Waals surface area (Å²) in [5, 5.41) is 4.20. The highest BCUT2D eigenvalue weighted by atomic mass is 19.1. The van der Waals surface area contributed by atoms with Crippen LogP contribution in [-0.2, 0) is 4.79 Å². The highest BCUT2D eigenvalue weighted by molar-refractivity contribution is 5.98. The van der Waals surface area contributed by atoms with E-state index in [9.17, 15) is 9.18 Å². The Bertz CT molecular complexity index is 977. The molecule has 7 heteroatoms. The van der Waals surface area contributed by atoms with Crippen LogP contribution in [0, 0.1) is 19.8 Å². The number of nitrogens with zero attached hydrogens (tertiary/aromatic N) is 2. The standard InChI is InChI=1S/C18H18FN5O/c1-8-6-21-9(2)16(8)14-3-10-4-15(22-7-12(10)17(20)23-14)24-18(25)11-5-13(11)19/h3-4,6-7,11,13,21H,5H2,1-2H3,(H2,20,23)(H,22,24,25)/t11-,13+/m1/s1. The van der Waals surface area contributed by atoms with Crippen LogP contribution in [0.1, 0.15) is 17.7 Å². The maximum atomic E-state index is 13.0. The minimum Gasteiger partial charge on any atom is -0.383 e. The van der Waals surface area contributed by atoms with Gasteiger partial charge in [-0.05, 0) is 43.4 Å².